The van der Waals surface area contributed by atoms with E-state index in [2.05, 4.69) is 0 Å². The average Bonchev–Trinajstić information content (AvgIpc) is 3.00. The number of fused-ring (bicyclic) bond motifs is 1. The molecule has 0 saturated carbocycles. The Bertz CT molecular complexity index is 1320. The molecule has 0 radical (unpaired) electrons. The first-order valence-corrected chi connectivity index (χ1v) is 11.8. The van der Waals surface area contributed by atoms with Gasteiger partial charge in [-0.2, -0.15) is 4.31 Å². The van der Waals surface area contributed by atoms with Crippen molar-refractivity contribution in [3.8, 4) is 0 Å². The van der Waals surface area contributed by atoms with Crippen molar-refractivity contribution in [2.24, 2.45) is 7.05 Å². The molecule has 0 unspecified atom stereocenters. The van der Waals surface area contributed by atoms with Crippen LogP contribution >= 0.6 is 23.2 Å². The van der Waals surface area contributed by atoms with Crippen molar-refractivity contribution in [3.63, 3.8) is 0 Å². The molecule has 1 amide bonds. The number of aromatic nitrogens is 2. The number of carbonyl (C=O) groups excluding carboxylic acids is 1. The minimum Gasteiger partial charge on any atom is -0.338 e. The van der Waals surface area contributed by atoms with Crippen LogP contribution in [0.3, 0.4) is 0 Å². The lowest BCUT2D eigenvalue weighted by Gasteiger charge is -2.34. The second-order valence-electron chi connectivity index (χ2n) is 7.28. The Morgan fingerprint density at radius 2 is 1.65 bits per heavy atom. The van der Waals surface area contributed by atoms with Crippen molar-refractivity contribution < 1.29 is 13.2 Å². The van der Waals surface area contributed by atoms with E-state index in [-0.39, 0.29) is 59.3 Å². The molecule has 8 nitrogen and oxygen atoms in total. The molecule has 1 aromatic heterocycles. The van der Waals surface area contributed by atoms with E-state index in [0.717, 1.165) is 5.52 Å². The molecule has 0 atom stereocenters. The van der Waals surface area contributed by atoms with Crippen LogP contribution < -0.4 is 5.69 Å². The largest absolute Gasteiger partial charge is 0.338 e. The summed E-state index contributed by atoms with van der Waals surface area (Å²) in [4.78, 5) is 26.9. The number of imidazole rings is 1. The molecule has 0 N–H and O–H groups in total. The topological polar surface area (TPSA) is 84.6 Å². The number of aryl methyl sites for hydroxylation is 1. The Morgan fingerprint density at radius 1 is 1.00 bits per heavy atom. The van der Waals surface area contributed by atoms with Crippen molar-refractivity contribution in [2.75, 3.05) is 26.2 Å². The van der Waals surface area contributed by atoms with Gasteiger partial charge in [0, 0.05) is 38.2 Å². The smallest absolute Gasteiger partial charge is 0.329 e. The van der Waals surface area contributed by atoms with Crippen LogP contribution in [0.25, 0.3) is 11.0 Å². The van der Waals surface area contributed by atoms with Crippen LogP contribution in [0.1, 0.15) is 0 Å². The summed E-state index contributed by atoms with van der Waals surface area (Å²) in [5.41, 5.74) is 1.15. The lowest BCUT2D eigenvalue weighted by Crippen LogP contribution is -2.51. The predicted octanol–water partition coefficient (Wildman–Crippen LogP) is 2.18. The van der Waals surface area contributed by atoms with Gasteiger partial charge in [-0.25, -0.2) is 13.2 Å². The summed E-state index contributed by atoms with van der Waals surface area (Å²) in [5.74, 6) is -0.240. The minimum absolute atomic E-state index is 0.0521. The third-order valence-electron chi connectivity index (χ3n) is 5.45. The molecule has 0 aliphatic carbocycles. The Morgan fingerprint density at radius 3 is 2.32 bits per heavy atom. The number of benzene rings is 2. The van der Waals surface area contributed by atoms with Crippen molar-refractivity contribution in [3.05, 3.63) is 63.0 Å². The van der Waals surface area contributed by atoms with Gasteiger partial charge in [-0.15, -0.1) is 0 Å². The standard InChI is InChI=1S/C20H20Cl2N4O4S/c1-23-16-4-2-3-5-17(16)26(20(23)28)13-19(27)24-8-10-25(11-9-24)31(29,30)18-12-14(21)6-7-15(18)22/h2-7,12H,8-11,13H2,1H3. The molecular weight excluding hydrogens is 463 g/mol. The van der Waals surface area contributed by atoms with E-state index in [1.807, 2.05) is 18.2 Å². The van der Waals surface area contributed by atoms with Gasteiger partial charge in [0.1, 0.15) is 11.4 Å². The van der Waals surface area contributed by atoms with Gasteiger partial charge in [-0.05, 0) is 30.3 Å². The quantitative estimate of drug-likeness (QED) is 0.570. The first-order valence-electron chi connectivity index (χ1n) is 9.57. The van der Waals surface area contributed by atoms with Crippen LogP contribution in [0, 0.1) is 0 Å². The lowest BCUT2D eigenvalue weighted by atomic mass is 10.3. The van der Waals surface area contributed by atoms with Crippen LogP contribution in [-0.2, 0) is 28.4 Å². The molecule has 4 rings (SSSR count). The normalized spacial score (nSPS) is 15.5. The van der Waals surface area contributed by atoms with Crippen molar-refractivity contribution in [2.45, 2.75) is 11.4 Å². The molecule has 1 aliphatic rings. The summed E-state index contributed by atoms with van der Waals surface area (Å²) < 4.78 is 30.1. The van der Waals surface area contributed by atoms with Crippen LogP contribution in [0.4, 0.5) is 0 Å². The average molecular weight is 483 g/mol. The monoisotopic (exact) mass is 482 g/mol. The number of para-hydroxylation sites is 2. The van der Waals surface area contributed by atoms with Gasteiger partial charge in [0.25, 0.3) is 0 Å². The third-order valence-corrected chi connectivity index (χ3v) is 8.06. The number of rotatable bonds is 4. The first-order chi connectivity index (χ1) is 14.7. The molecule has 164 valence electrons. The molecule has 3 aromatic rings. The Labute approximate surface area is 189 Å². The fourth-order valence-corrected chi connectivity index (χ4v) is 5.90. The van der Waals surface area contributed by atoms with E-state index in [1.54, 1.807) is 18.0 Å². The number of hydrogen-bond donors (Lipinski definition) is 0. The van der Waals surface area contributed by atoms with E-state index in [0.29, 0.717) is 5.52 Å². The van der Waals surface area contributed by atoms with Crippen molar-refractivity contribution in [1.29, 1.82) is 0 Å². The molecule has 1 aliphatic heterocycles. The highest BCUT2D eigenvalue weighted by atomic mass is 35.5. The van der Waals surface area contributed by atoms with Gasteiger partial charge >= 0.3 is 5.69 Å². The fraction of sp³-hybridized carbons (Fsp3) is 0.300. The zero-order valence-electron chi connectivity index (χ0n) is 16.7. The summed E-state index contributed by atoms with van der Waals surface area (Å²) >= 11 is 12.0. The van der Waals surface area contributed by atoms with Crippen LogP contribution in [0.2, 0.25) is 10.0 Å². The number of amides is 1. The molecular formula is C20H20Cl2N4O4S. The maximum absolute atomic E-state index is 13.0. The highest BCUT2D eigenvalue weighted by molar-refractivity contribution is 7.89. The predicted molar refractivity (Wildman–Crippen MR) is 119 cm³/mol. The van der Waals surface area contributed by atoms with Gasteiger partial charge in [0.2, 0.25) is 15.9 Å². The Hall–Kier alpha value is -2.33. The third kappa shape index (κ3) is 3.98. The van der Waals surface area contributed by atoms with Gasteiger partial charge in [0.15, 0.2) is 0 Å². The molecule has 2 aromatic carbocycles. The maximum atomic E-state index is 13.0. The first kappa shape index (κ1) is 21.9. The van der Waals surface area contributed by atoms with E-state index in [1.165, 1.54) is 31.6 Å². The van der Waals surface area contributed by atoms with Gasteiger partial charge in [-0.3, -0.25) is 13.9 Å². The summed E-state index contributed by atoms with van der Waals surface area (Å²) in [6.07, 6.45) is 0. The molecule has 2 heterocycles. The second kappa shape index (κ2) is 8.31. The molecule has 0 bridgehead atoms. The molecule has 1 fully saturated rings. The van der Waals surface area contributed by atoms with E-state index in [9.17, 15) is 18.0 Å². The van der Waals surface area contributed by atoms with Crippen molar-refractivity contribution >= 4 is 50.2 Å². The van der Waals surface area contributed by atoms with Crippen LogP contribution in [0.5, 0.6) is 0 Å². The summed E-state index contributed by atoms with van der Waals surface area (Å²) in [6, 6.07) is 11.6. The van der Waals surface area contributed by atoms with Crippen molar-refractivity contribution in [1.82, 2.24) is 18.3 Å². The number of nitrogens with zero attached hydrogens (tertiary/aromatic N) is 4. The molecule has 1 saturated heterocycles. The molecule has 11 heteroatoms. The lowest BCUT2D eigenvalue weighted by molar-refractivity contribution is -0.133. The number of hydrogen-bond acceptors (Lipinski definition) is 4. The molecule has 31 heavy (non-hydrogen) atoms. The number of halogens is 2. The van der Waals surface area contributed by atoms with Gasteiger partial charge in [0.05, 0.1) is 16.1 Å². The highest BCUT2D eigenvalue weighted by Crippen LogP contribution is 2.28. The molecule has 0 spiro atoms. The van der Waals surface area contributed by atoms with Crippen LogP contribution in [0.15, 0.2) is 52.2 Å². The van der Waals surface area contributed by atoms with Gasteiger partial charge < -0.3 is 4.90 Å². The van der Waals surface area contributed by atoms with Gasteiger partial charge in [-0.1, -0.05) is 35.3 Å². The fourth-order valence-electron chi connectivity index (χ4n) is 3.74. The SMILES string of the molecule is Cn1c(=O)n(CC(=O)N2CCN(S(=O)(=O)c3cc(Cl)ccc3Cl)CC2)c2ccccc21. The maximum Gasteiger partial charge on any atom is 0.329 e. The van der Waals surface area contributed by atoms with Crippen LogP contribution in [-0.4, -0.2) is 58.8 Å². The number of carbonyl (C=O) groups is 1. The Balaban J connectivity index is 1.48. The van der Waals surface area contributed by atoms with E-state index < -0.39 is 10.0 Å². The Kier molecular flexibility index (Phi) is 5.87. The van der Waals surface area contributed by atoms with E-state index >= 15 is 0 Å². The zero-order valence-corrected chi connectivity index (χ0v) is 19.0. The zero-order chi connectivity index (χ0) is 22.3. The summed E-state index contributed by atoms with van der Waals surface area (Å²) in [7, 11) is -2.17. The van der Waals surface area contributed by atoms with E-state index in [4.69, 9.17) is 23.2 Å². The summed E-state index contributed by atoms with van der Waals surface area (Å²) in [6.45, 7) is 0.585. The summed E-state index contributed by atoms with van der Waals surface area (Å²) in [5, 5.41) is 0.371. The highest BCUT2D eigenvalue weighted by Gasteiger charge is 2.32. The second-order valence-corrected chi connectivity index (χ2v) is 10.0. The number of sulfonamides is 1. The number of piperazine rings is 1. The minimum atomic E-state index is -3.83.